The van der Waals surface area contributed by atoms with Crippen LogP contribution < -0.4 is 0 Å². The number of ketones is 1. The lowest BCUT2D eigenvalue weighted by atomic mass is 10.0. The number of amides is 1. The summed E-state index contributed by atoms with van der Waals surface area (Å²) >= 11 is 0. The molecule has 1 aromatic carbocycles. The van der Waals surface area contributed by atoms with Crippen LogP contribution in [0.3, 0.4) is 0 Å². The van der Waals surface area contributed by atoms with Gasteiger partial charge in [-0.1, -0.05) is 18.2 Å². The quantitative estimate of drug-likeness (QED) is 0.704. The molecule has 6 heteroatoms. The van der Waals surface area contributed by atoms with Crippen LogP contribution in [0.5, 0.6) is 0 Å². The van der Waals surface area contributed by atoms with Crippen LogP contribution >= 0.6 is 0 Å². The van der Waals surface area contributed by atoms with E-state index in [4.69, 9.17) is 0 Å². The first-order valence-corrected chi connectivity index (χ1v) is 9.79. The first-order valence-electron chi connectivity index (χ1n) is 9.79. The van der Waals surface area contributed by atoms with Gasteiger partial charge >= 0.3 is 0 Å². The number of carbonyl (C=O) groups excluding carboxylic acids is 2. The van der Waals surface area contributed by atoms with Crippen molar-refractivity contribution in [3.8, 4) is 0 Å². The third-order valence-corrected chi connectivity index (χ3v) is 5.80. The fourth-order valence-corrected chi connectivity index (χ4v) is 4.45. The highest BCUT2D eigenvalue weighted by molar-refractivity contribution is 5.96. The van der Waals surface area contributed by atoms with Gasteiger partial charge in [-0.25, -0.2) is 0 Å². The van der Waals surface area contributed by atoms with Crippen molar-refractivity contribution in [3.05, 3.63) is 52.5 Å². The highest BCUT2D eigenvalue weighted by atomic mass is 16.2. The van der Waals surface area contributed by atoms with Crippen molar-refractivity contribution in [3.63, 3.8) is 0 Å². The minimum absolute atomic E-state index is 0.0164. The van der Waals surface area contributed by atoms with E-state index < -0.39 is 0 Å². The molecule has 1 atom stereocenters. The van der Waals surface area contributed by atoms with E-state index in [-0.39, 0.29) is 17.7 Å². The molecule has 1 amide bonds. The Bertz CT molecular complexity index is 1080. The second kappa shape index (κ2) is 6.93. The Balaban J connectivity index is 1.52. The summed E-state index contributed by atoms with van der Waals surface area (Å²) < 4.78 is 1.82. The lowest BCUT2D eigenvalue weighted by molar-refractivity contribution is -0.132. The van der Waals surface area contributed by atoms with E-state index in [1.165, 1.54) is 16.6 Å². The molecule has 1 aliphatic heterocycles. The Hall–Kier alpha value is -2.89. The van der Waals surface area contributed by atoms with E-state index in [9.17, 15) is 9.59 Å². The number of nitrogens with one attached hydrogen (secondary N) is 1. The van der Waals surface area contributed by atoms with Gasteiger partial charge < -0.3 is 9.88 Å². The minimum Gasteiger partial charge on any atom is -0.358 e. The third kappa shape index (κ3) is 3.03. The zero-order chi connectivity index (χ0) is 20.0. The summed E-state index contributed by atoms with van der Waals surface area (Å²) in [5, 5.41) is 5.72. The zero-order valence-corrected chi connectivity index (χ0v) is 16.9. The van der Waals surface area contributed by atoms with Gasteiger partial charge in [0.2, 0.25) is 5.91 Å². The summed E-state index contributed by atoms with van der Waals surface area (Å²) in [4.78, 5) is 30.3. The standard InChI is InChI=1S/C22H26N4O2/c1-13(26-15(3)22(16(4)27)14(2)24-26)11-21(28)25-10-9-20-18(12-25)17-7-5-6-8-19(17)23-20/h5-8,13,23H,9-12H2,1-4H3/t13-/m1/s1. The largest absolute Gasteiger partial charge is 0.358 e. The van der Waals surface area contributed by atoms with Crippen LogP contribution in [0.2, 0.25) is 0 Å². The molecule has 4 rings (SSSR count). The molecule has 0 unspecified atom stereocenters. The number of carbonyl (C=O) groups is 2. The molecule has 1 N–H and O–H groups in total. The van der Waals surface area contributed by atoms with Gasteiger partial charge in [-0.05, 0) is 33.8 Å². The highest BCUT2D eigenvalue weighted by Crippen LogP contribution is 2.28. The summed E-state index contributed by atoms with van der Waals surface area (Å²) in [5.41, 5.74) is 5.83. The Morgan fingerprint density at radius 2 is 2.00 bits per heavy atom. The molecule has 0 saturated carbocycles. The number of fused-ring (bicyclic) bond motifs is 3. The van der Waals surface area contributed by atoms with E-state index >= 15 is 0 Å². The third-order valence-electron chi connectivity index (χ3n) is 5.80. The van der Waals surface area contributed by atoms with Gasteiger partial charge in [0.1, 0.15) is 0 Å². The summed E-state index contributed by atoms with van der Waals surface area (Å²) in [6.07, 6.45) is 1.22. The molecule has 0 aliphatic carbocycles. The van der Waals surface area contributed by atoms with Crippen LogP contribution in [0.4, 0.5) is 0 Å². The fraction of sp³-hybridized carbons (Fsp3) is 0.409. The molecule has 28 heavy (non-hydrogen) atoms. The number of benzene rings is 1. The minimum atomic E-state index is -0.0938. The van der Waals surface area contributed by atoms with Gasteiger partial charge in [0.15, 0.2) is 5.78 Å². The molecule has 3 heterocycles. The van der Waals surface area contributed by atoms with E-state index in [2.05, 4.69) is 22.2 Å². The van der Waals surface area contributed by atoms with E-state index in [1.807, 2.05) is 42.5 Å². The monoisotopic (exact) mass is 378 g/mol. The Morgan fingerprint density at radius 3 is 2.71 bits per heavy atom. The molecule has 0 bridgehead atoms. The van der Waals surface area contributed by atoms with Crippen molar-refractivity contribution >= 4 is 22.6 Å². The van der Waals surface area contributed by atoms with Gasteiger partial charge in [-0.2, -0.15) is 5.10 Å². The number of hydrogen-bond acceptors (Lipinski definition) is 3. The lowest BCUT2D eigenvalue weighted by Gasteiger charge is -2.28. The first kappa shape index (κ1) is 18.5. The van der Waals surface area contributed by atoms with Gasteiger partial charge in [0.25, 0.3) is 0 Å². The summed E-state index contributed by atoms with van der Waals surface area (Å²) in [7, 11) is 0. The molecule has 0 fully saturated rings. The maximum Gasteiger partial charge on any atom is 0.225 e. The number of H-pyrrole nitrogens is 1. The van der Waals surface area contributed by atoms with Crippen LogP contribution in [-0.4, -0.2) is 37.9 Å². The lowest BCUT2D eigenvalue weighted by Crippen LogP contribution is -2.36. The molecule has 146 valence electrons. The number of para-hydroxylation sites is 1. The topological polar surface area (TPSA) is 71.0 Å². The van der Waals surface area contributed by atoms with E-state index in [0.29, 0.717) is 18.5 Å². The second-order valence-corrected chi connectivity index (χ2v) is 7.79. The van der Waals surface area contributed by atoms with Gasteiger partial charge in [-0.15, -0.1) is 0 Å². The number of aromatic nitrogens is 3. The Kier molecular flexibility index (Phi) is 4.57. The smallest absolute Gasteiger partial charge is 0.225 e. The Morgan fingerprint density at radius 1 is 1.25 bits per heavy atom. The number of aromatic amines is 1. The van der Waals surface area contributed by atoms with Gasteiger partial charge in [0, 0.05) is 53.8 Å². The molecule has 0 radical (unpaired) electrons. The Labute approximate surface area is 164 Å². The predicted molar refractivity (Wildman–Crippen MR) is 108 cm³/mol. The molecular formula is C22H26N4O2. The SMILES string of the molecule is CC(=O)c1c(C)nn([C@H](C)CC(=O)N2CCc3[nH]c4ccccc4c3C2)c1C. The van der Waals surface area contributed by atoms with Crippen LogP contribution in [0.25, 0.3) is 10.9 Å². The summed E-state index contributed by atoms with van der Waals surface area (Å²) in [6, 6.07) is 8.16. The molecular weight excluding hydrogens is 352 g/mol. The van der Waals surface area contributed by atoms with Gasteiger partial charge in [0.05, 0.1) is 17.3 Å². The number of nitrogens with zero attached hydrogens (tertiary/aromatic N) is 3. The van der Waals surface area contributed by atoms with E-state index in [1.54, 1.807) is 6.92 Å². The van der Waals surface area contributed by atoms with Crippen LogP contribution in [0.1, 0.15) is 59.3 Å². The van der Waals surface area contributed by atoms with Crippen molar-refractivity contribution in [1.82, 2.24) is 19.7 Å². The maximum atomic E-state index is 13.0. The average Bonchev–Trinajstić information content (AvgIpc) is 3.17. The normalized spacial score (nSPS) is 14.9. The van der Waals surface area contributed by atoms with Crippen molar-refractivity contribution in [2.75, 3.05) is 6.54 Å². The number of Topliss-reactive ketones (excluding diaryl/α,β-unsaturated/α-hetero) is 1. The van der Waals surface area contributed by atoms with Crippen molar-refractivity contribution in [2.24, 2.45) is 0 Å². The van der Waals surface area contributed by atoms with Crippen LogP contribution in [0, 0.1) is 13.8 Å². The average molecular weight is 378 g/mol. The number of aryl methyl sites for hydroxylation is 1. The molecule has 0 spiro atoms. The van der Waals surface area contributed by atoms with Crippen molar-refractivity contribution < 1.29 is 9.59 Å². The number of hydrogen-bond donors (Lipinski definition) is 1. The molecule has 3 aromatic rings. The summed E-state index contributed by atoms with van der Waals surface area (Å²) in [5.74, 6) is 0.142. The van der Waals surface area contributed by atoms with Gasteiger partial charge in [-0.3, -0.25) is 14.3 Å². The van der Waals surface area contributed by atoms with Crippen molar-refractivity contribution in [2.45, 2.75) is 53.1 Å². The molecule has 0 saturated heterocycles. The zero-order valence-electron chi connectivity index (χ0n) is 16.9. The van der Waals surface area contributed by atoms with Crippen molar-refractivity contribution in [1.29, 1.82) is 0 Å². The van der Waals surface area contributed by atoms with E-state index in [0.717, 1.165) is 29.9 Å². The second-order valence-electron chi connectivity index (χ2n) is 7.79. The maximum absolute atomic E-state index is 13.0. The van der Waals surface area contributed by atoms with Crippen LogP contribution in [0.15, 0.2) is 24.3 Å². The van der Waals surface area contributed by atoms with Crippen LogP contribution in [-0.2, 0) is 17.8 Å². The number of rotatable bonds is 4. The molecule has 1 aliphatic rings. The fourth-order valence-electron chi connectivity index (χ4n) is 4.45. The summed E-state index contributed by atoms with van der Waals surface area (Å²) in [6.45, 7) is 8.66. The highest BCUT2D eigenvalue weighted by Gasteiger charge is 2.26. The molecule has 6 nitrogen and oxygen atoms in total. The molecule has 2 aromatic heterocycles. The first-order chi connectivity index (χ1) is 13.4. The predicted octanol–water partition coefficient (Wildman–Crippen LogP) is 3.72.